The average molecular weight is 211 g/mol. The first-order valence-corrected chi connectivity index (χ1v) is 4.87. The topological polar surface area (TPSA) is 48.5 Å². The Morgan fingerprint density at radius 3 is 2.69 bits per heavy atom. The molecule has 3 rings (SSSR count). The molecule has 0 fully saturated rings. The van der Waals surface area contributed by atoms with E-state index in [0.717, 1.165) is 11.4 Å². The Morgan fingerprint density at radius 1 is 1.00 bits per heavy atom. The molecular formula is C11H9N5. The van der Waals surface area contributed by atoms with E-state index in [9.17, 15) is 0 Å². The molecule has 0 atom stereocenters. The second kappa shape index (κ2) is 3.62. The number of rotatable bonds is 2. The van der Waals surface area contributed by atoms with Crippen LogP contribution in [0.25, 0.3) is 11.4 Å². The largest absolute Gasteiger partial charge is 0.306 e. The molecule has 0 radical (unpaired) electrons. The Morgan fingerprint density at radius 2 is 1.94 bits per heavy atom. The van der Waals surface area contributed by atoms with Gasteiger partial charge in [-0.05, 0) is 18.2 Å². The number of hydrogen-bond donors (Lipinski definition) is 0. The number of benzene rings is 1. The van der Waals surface area contributed by atoms with Crippen molar-refractivity contribution in [3.05, 3.63) is 55.6 Å². The third kappa shape index (κ3) is 1.48. The molecule has 2 heterocycles. The zero-order chi connectivity index (χ0) is 10.8. The van der Waals surface area contributed by atoms with E-state index in [4.69, 9.17) is 0 Å². The minimum Gasteiger partial charge on any atom is -0.306 e. The predicted molar refractivity (Wildman–Crippen MR) is 58.5 cm³/mol. The van der Waals surface area contributed by atoms with Crippen LogP contribution in [-0.4, -0.2) is 24.3 Å². The molecule has 1 aromatic carbocycles. The van der Waals surface area contributed by atoms with Crippen LogP contribution < -0.4 is 0 Å². The smallest absolute Gasteiger partial charge is 0.138 e. The first kappa shape index (κ1) is 8.84. The number of imidazole rings is 1. The Balaban J connectivity index is 2.07. The average Bonchev–Trinajstić information content (AvgIpc) is 3.03. The molecule has 0 aliphatic rings. The molecule has 5 nitrogen and oxygen atoms in total. The van der Waals surface area contributed by atoms with E-state index in [1.807, 2.05) is 35.0 Å². The van der Waals surface area contributed by atoms with Gasteiger partial charge in [0.2, 0.25) is 0 Å². The summed E-state index contributed by atoms with van der Waals surface area (Å²) in [5, 5.41) is 4.09. The fourth-order valence-electron chi connectivity index (χ4n) is 1.55. The van der Waals surface area contributed by atoms with Crippen molar-refractivity contribution < 1.29 is 0 Å². The van der Waals surface area contributed by atoms with Gasteiger partial charge in [0.05, 0.1) is 12.0 Å². The highest BCUT2D eigenvalue weighted by Crippen LogP contribution is 2.12. The molecular weight excluding hydrogens is 202 g/mol. The molecule has 16 heavy (non-hydrogen) atoms. The van der Waals surface area contributed by atoms with Gasteiger partial charge < -0.3 is 4.57 Å². The number of hydrogen-bond acceptors (Lipinski definition) is 3. The first-order valence-electron chi connectivity index (χ1n) is 4.87. The van der Waals surface area contributed by atoms with Crippen LogP contribution in [0.1, 0.15) is 0 Å². The van der Waals surface area contributed by atoms with Gasteiger partial charge in [-0.2, -0.15) is 5.10 Å². The lowest BCUT2D eigenvalue weighted by atomic mass is 10.3. The Labute approximate surface area is 92.0 Å². The van der Waals surface area contributed by atoms with E-state index >= 15 is 0 Å². The highest BCUT2D eigenvalue weighted by molar-refractivity contribution is 5.42. The lowest BCUT2D eigenvalue weighted by Gasteiger charge is -2.05. The summed E-state index contributed by atoms with van der Waals surface area (Å²) in [6.45, 7) is 0. The standard InChI is InChI=1S/C11H9N5/c1-2-10(15-5-4-12-8-15)6-11(3-1)16-9-13-7-14-16/h1-9H. The van der Waals surface area contributed by atoms with E-state index in [1.165, 1.54) is 6.33 Å². The Kier molecular flexibility index (Phi) is 2.00. The van der Waals surface area contributed by atoms with E-state index < -0.39 is 0 Å². The van der Waals surface area contributed by atoms with Crippen LogP contribution >= 0.6 is 0 Å². The lowest BCUT2D eigenvalue weighted by Crippen LogP contribution is -1.96. The van der Waals surface area contributed by atoms with Crippen molar-refractivity contribution in [1.82, 2.24) is 24.3 Å². The van der Waals surface area contributed by atoms with E-state index in [1.54, 1.807) is 23.5 Å². The summed E-state index contributed by atoms with van der Waals surface area (Å²) >= 11 is 0. The maximum atomic E-state index is 4.09. The molecule has 0 amide bonds. The maximum Gasteiger partial charge on any atom is 0.138 e. The molecule has 0 N–H and O–H groups in total. The van der Waals surface area contributed by atoms with Crippen molar-refractivity contribution in [2.75, 3.05) is 0 Å². The van der Waals surface area contributed by atoms with Gasteiger partial charge in [0.15, 0.2) is 0 Å². The van der Waals surface area contributed by atoms with E-state index in [0.29, 0.717) is 0 Å². The molecule has 0 aliphatic heterocycles. The first-order chi connectivity index (χ1) is 7.93. The Hall–Kier alpha value is -2.43. The van der Waals surface area contributed by atoms with Gasteiger partial charge in [-0.1, -0.05) is 6.07 Å². The van der Waals surface area contributed by atoms with Gasteiger partial charge in [-0.3, -0.25) is 0 Å². The summed E-state index contributed by atoms with van der Waals surface area (Å²) in [5.74, 6) is 0. The molecule has 0 aliphatic carbocycles. The Bertz CT molecular complexity index is 519. The van der Waals surface area contributed by atoms with Crippen molar-refractivity contribution >= 4 is 0 Å². The molecule has 0 bridgehead atoms. The van der Waals surface area contributed by atoms with Crippen molar-refractivity contribution in [1.29, 1.82) is 0 Å². The highest BCUT2D eigenvalue weighted by Gasteiger charge is 1.99. The van der Waals surface area contributed by atoms with Gasteiger partial charge >= 0.3 is 0 Å². The predicted octanol–water partition coefficient (Wildman–Crippen LogP) is 1.45. The summed E-state index contributed by atoms with van der Waals surface area (Å²) in [4.78, 5) is 7.94. The van der Waals surface area contributed by atoms with Crippen LogP contribution in [0.15, 0.2) is 55.6 Å². The van der Waals surface area contributed by atoms with E-state index in [-0.39, 0.29) is 0 Å². The van der Waals surface area contributed by atoms with Gasteiger partial charge in [-0.15, -0.1) is 0 Å². The molecule has 0 saturated heterocycles. The lowest BCUT2D eigenvalue weighted by molar-refractivity contribution is 0.875. The fraction of sp³-hybridized carbons (Fsp3) is 0. The zero-order valence-electron chi connectivity index (χ0n) is 8.43. The van der Waals surface area contributed by atoms with Crippen molar-refractivity contribution in [3.63, 3.8) is 0 Å². The van der Waals surface area contributed by atoms with Crippen molar-refractivity contribution in [2.24, 2.45) is 0 Å². The van der Waals surface area contributed by atoms with Gasteiger partial charge in [0.1, 0.15) is 12.7 Å². The van der Waals surface area contributed by atoms with Crippen LogP contribution in [0, 0.1) is 0 Å². The van der Waals surface area contributed by atoms with Gasteiger partial charge in [0.25, 0.3) is 0 Å². The molecule has 2 aromatic heterocycles. The maximum absolute atomic E-state index is 4.09. The van der Waals surface area contributed by atoms with Crippen molar-refractivity contribution in [3.8, 4) is 11.4 Å². The summed E-state index contributed by atoms with van der Waals surface area (Å²) in [7, 11) is 0. The zero-order valence-corrected chi connectivity index (χ0v) is 8.43. The molecule has 0 unspecified atom stereocenters. The SMILES string of the molecule is c1cc(-n2ccnc2)cc(-n2cncn2)c1. The van der Waals surface area contributed by atoms with Crippen LogP contribution in [0.2, 0.25) is 0 Å². The third-order valence-corrected chi connectivity index (χ3v) is 2.32. The normalized spacial score (nSPS) is 10.5. The van der Waals surface area contributed by atoms with Gasteiger partial charge in [-0.25, -0.2) is 14.6 Å². The summed E-state index contributed by atoms with van der Waals surface area (Å²) in [5.41, 5.74) is 2.02. The van der Waals surface area contributed by atoms with Crippen molar-refractivity contribution in [2.45, 2.75) is 0 Å². The minimum atomic E-state index is 0.976. The molecule has 0 spiro atoms. The third-order valence-electron chi connectivity index (χ3n) is 2.32. The van der Waals surface area contributed by atoms with Gasteiger partial charge in [0, 0.05) is 18.1 Å². The molecule has 78 valence electrons. The molecule has 5 heteroatoms. The molecule has 0 saturated carbocycles. The monoisotopic (exact) mass is 211 g/mol. The summed E-state index contributed by atoms with van der Waals surface area (Å²) in [6, 6.07) is 8.00. The second-order valence-electron chi connectivity index (χ2n) is 3.33. The second-order valence-corrected chi connectivity index (χ2v) is 3.33. The minimum absolute atomic E-state index is 0.976. The fourth-order valence-corrected chi connectivity index (χ4v) is 1.55. The summed E-state index contributed by atoms with van der Waals surface area (Å²) < 4.78 is 3.67. The molecule has 3 aromatic rings. The van der Waals surface area contributed by atoms with Crippen LogP contribution in [0.3, 0.4) is 0 Å². The van der Waals surface area contributed by atoms with Crippen LogP contribution in [0.4, 0.5) is 0 Å². The van der Waals surface area contributed by atoms with Crippen LogP contribution in [0.5, 0.6) is 0 Å². The number of nitrogens with zero attached hydrogens (tertiary/aromatic N) is 5. The van der Waals surface area contributed by atoms with E-state index in [2.05, 4.69) is 15.1 Å². The van der Waals surface area contributed by atoms with Crippen LogP contribution in [-0.2, 0) is 0 Å². The summed E-state index contributed by atoms with van der Waals surface area (Å²) in [6.07, 6.45) is 8.61. The number of aromatic nitrogens is 5. The quantitative estimate of drug-likeness (QED) is 0.644. The highest BCUT2D eigenvalue weighted by atomic mass is 15.3.